The Hall–Kier alpha value is -1.87. The first-order valence-corrected chi connectivity index (χ1v) is 11.7. The molecule has 4 nitrogen and oxygen atoms in total. The summed E-state index contributed by atoms with van der Waals surface area (Å²) in [4.78, 5) is 2.17. The highest BCUT2D eigenvalue weighted by molar-refractivity contribution is 7.76. The quantitative estimate of drug-likeness (QED) is 0.427. The third-order valence-electron chi connectivity index (χ3n) is 5.50. The number of hydrogen-bond donors (Lipinski definition) is 1. The number of benzene rings is 3. The molecule has 1 aliphatic heterocycles. The van der Waals surface area contributed by atoms with Gasteiger partial charge < -0.3 is 0 Å². The number of hydrogen-bond acceptors (Lipinski definition) is 2. The van der Waals surface area contributed by atoms with Crippen molar-refractivity contribution in [3.63, 3.8) is 0 Å². The molecular formula is C23H20Cl2F2N2O2S. The van der Waals surface area contributed by atoms with Crippen LogP contribution in [0.15, 0.2) is 66.7 Å². The summed E-state index contributed by atoms with van der Waals surface area (Å²) in [6.45, 7) is 0.961. The zero-order valence-electron chi connectivity index (χ0n) is 16.8. The fraction of sp³-hybridized carbons (Fsp3) is 0.217. The highest BCUT2D eigenvalue weighted by atomic mass is 35.5. The Morgan fingerprint density at radius 2 is 1.41 bits per heavy atom. The van der Waals surface area contributed by atoms with Gasteiger partial charge in [0.25, 0.3) is 0 Å². The van der Waals surface area contributed by atoms with E-state index in [1.54, 1.807) is 0 Å². The van der Waals surface area contributed by atoms with Crippen molar-refractivity contribution in [3.05, 3.63) is 105 Å². The third kappa shape index (κ3) is 5.36. The molecule has 0 spiro atoms. The van der Waals surface area contributed by atoms with E-state index >= 15 is 0 Å². The molecule has 1 unspecified atom stereocenters. The van der Waals surface area contributed by atoms with Gasteiger partial charge in [-0.2, -0.15) is 4.31 Å². The lowest BCUT2D eigenvalue weighted by Crippen LogP contribution is -2.60. The lowest BCUT2D eigenvalue weighted by Gasteiger charge is -2.47. The maximum atomic E-state index is 13.6. The van der Waals surface area contributed by atoms with Crippen LogP contribution in [0.4, 0.5) is 8.78 Å². The molecule has 0 bridgehead atoms. The number of likely N-dealkylation sites (tertiary alicyclic amines) is 1. The van der Waals surface area contributed by atoms with E-state index in [1.165, 1.54) is 16.4 Å². The summed E-state index contributed by atoms with van der Waals surface area (Å²) < 4.78 is 50.3. The summed E-state index contributed by atoms with van der Waals surface area (Å²) in [5.74, 6) is -1.44. The summed E-state index contributed by atoms with van der Waals surface area (Å²) >= 11 is 9.82. The number of rotatable bonds is 7. The first kappa shape index (κ1) is 23.3. The van der Waals surface area contributed by atoms with Crippen LogP contribution < -0.4 is 0 Å². The van der Waals surface area contributed by atoms with Gasteiger partial charge in [0.1, 0.15) is 11.6 Å². The molecule has 1 aliphatic rings. The predicted octanol–water partition coefficient (Wildman–Crippen LogP) is 5.68. The first-order valence-electron chi connectivity index (χ1n) is 9.88. The SMILES string of the molecule is O=S(O)N(Cc1cc(F)cc(F)c1)C1CN(C(c2ccc(Cl)cc2)c2ccc(Cl)cc2)C1. The summed E-state index contributed by atoms with van der Waals surface area (Å²) in [6.07, 6.45) is 0. The van der Waals surface area contributed by atoms with Crippen LogP contribution in [0, 0.1) is 11.6 Å². The molecule has 1 fully saturated rings. The van der Waals surface area contributed by atoms with E-state index in [2.05, 4.69) is 4.90 Å². The molecule has 0 amide bonds. The third-order valence-corrected chi connectivity index (χ3v) is 6.83. The lowest BCUT2D eigenvalue weighted by molar-refractivity contribution is 0.0497. The van der Waals surface area contributed by atoms with Gasteiger partial charge in [0, 0.05) is 35.7 Å². The van der Waals surface area contributed by atoms with Gasteiger partial charge in [-0.15, -0.1) is 0 Å². The molecule has 4 rings (SSSR count). The molecule has 168 valence electrons. The molecule has 1 saturated heterocycles. The minimum absolute atomic E-state index is 0.0388. The molecule has 3 aromatic carbocycles. The van der Waals surface area contributed by atoms with E-state index in [0.717, 1.165) is 17.2 Å². The number of halogens is 4. The molecular weight excluding hydrogens is 477 g/mol. The second-order valence-corrected chi connectivity index (χ2v) is 9.50. The zero-order valence-corrected chi connectivity index (χ0v) is 19.1. The fourth-order valence-electron chi connectivity index (χ4n) is 3.98. The van der Waals surface area contributed by atoms with Crippen LogP contribution in [-0.4, -0.2) is 37.1 Å². The van der Waals surface area contributed by atoms with Crippen LogP contribution in [-0.2, 0) is 17.8 Å². The number of nitrogens with zero attached hydrogens (tertiary/aromatic N) is 2. The molecule has 3 aromatic rings. The highest BCUT2D eigenvalue weighted by Crippen LogP contribution is 2.35. The molecule has 0 aliphatic carbocycles. The normalized spacial score (nSPS) is 15.8. The van der Waals surface area contributed by atoms with Gasteiger partial charge in [0.05, 0.1) is 12.1 Å². The van der Waals surface area contributed by atoms with Crippen LogP contribution in [0.1, 0.15) is 22.7 Å². The molecule has 1 heterocycles. The Morgan fingerprint density at radius 3 is 1.84 bits per heavy atom. The van der Waals surface area contributed by atoms with E-state index in [-0.39, 0.29) is 18.6 Å². The monoisotopic (exact) mass is 496 g/mol. The van der Waals surface area contributed by atoms with Crippen molar-refractivity contribution >= 4 is 34.5 Å². The minimum Gasteiger partial charge on any atom is -0.294 e. The van der Waals surface area contributed by atoms with E-state index in [0.29, 0.717) is 28.7 Å². The Labute approximate surface area is 197 Å². The van der Waals surface area contributed by atoms with Gasteiger partial charge in [-0.3, -0.25) is 9.45 Å². The van der Waals surface area contributed by atoms with Crippen LogP contribution in [0.3, 0.4) is 0 Å². The van der Waals surface area contributed by atoms with Crippen molar-refractivity contribution < 1.29 is 17.5 Å². The van der Waals surface area contributed by atoms with Gasteiger partial charge in [0.15, 0.2) is 0 Å². The van der Waals surface area contributed by atoms with E-state index in [4.69, 9.17) is 23.2 Å². The molecule has 0 radical (unpaired) electrons. The topological polar surface area (TPSA) is 43.8 Å². The van der Waals surface area contributed by atoms with Crippen LogP contribution in [0.2, 0.25) is 10.0 Å². The van der Waals surface area contributed by atoms with E-state index in [9.17, 15) is 17.5 Å². The van der Waals surface area contributed by atoms with Crippen molar-refractivity contribution in [1.29, 1.82) is 0 Å². The summed E-state index contributed by atoms with van der Waals surface area (Å²) in [5.41, 5.74) is 2.35. The average Bonchev–Trinajstić information content (AvgIpc) is 2.70. The largest absolute Gasteiger partial charge is 0.294 e. The van der Waals surface area contributed by atoms with Crippen molar-refractivity contribution in [2.24, 2.45) is 0 Å². The molecule has 9 heteroatoms. The first-order chi connectivity index (χ1) is 15.3. The molecule has 32 heavy (non-hydrogen) atoms. The average molecular weight is 497 g/mol. The lowest BCUT2D eigenvalue weighted by atomic mass is 9.93. The van der Waals surface area contributed by atoms with Crippen molar-refractivity contribution in [3.8, 4) is 0 Å². The Kier molecular flexibility index (Phi) is 7.24. The smallest absolute Gasteiger partial charge is 0.235 e. The van der Waals surface area contributed by atoms with E-state index < -0.39 is 22.9 Å². The fourth-order valence-corrected chi connectivity index (χ4v) is 4.88. The summed E-state index contributed by atoms with van der Waals surface area (Å²) in [7, 11) is 0. The zero-order chi connectivity index (χ0) is 22.8. The van der Waals surface area contributed by atoms with E-state index in [1.807, 2.05) is 48.5 Å². The van der Waals surface area contributed by atoms with Crippen molar-refractivity contribution in [2.75, 3.05) is 13.1 Å². The van der Waals surface area contributed by atoms with Gasteiger partial charge in [-0.05, 0) is 53.1 Å². The molecule has 0 aromatic heterocycles. The Balaban J connectivity index is 1.54. The molecule has 1 N–H and O–H groups in total. The van der Waals surface area contributed by atoms with Crippen molar-refractivity contribution in [2.45, 2.75) is 18.6 Å². The Morgan fingerprint density at radius 1 is 0.938 bits per heavy atom. The van der Waals surface area contributed by atoms with Gasteiger partial charge in [-0.25, -0.2) is 13.0 Å². The molecule has 1 atom stereocenters. The minimum atomic E-state index is -2.29. The van der Waals surface area contributed by atoms with Crippen molar-refractivity contribution in [1.82, 2.24) is 9.21 Å². The van der Waals surface area contributed by atoms with Gasteiger partial charge >= 0.3 is 0 Å². The highest BCUT2D eigenvalue weighted by Gasteiger charge is 2.39. The second kappa shape index (κ2) is 9.95. The standard InChI is InChI=1S/C23H20Cl2F2N2O2S/c24-18-5-1-16(2-6-18)23(17-3-7-19(25)8-4-17)28-13-22(14-28)29(32(30)31)12-15-9-20(26)11-21(27)10-15/h1-11,22-23H,12-14H2,(H,30,31). The van der Waals surface area contributed by atoms with Crippen LogP contribution in [0.25, 0.3) is 0 Å². The summed E-state index contributed by atoms with van der Waals surface area (Å²) in [5, 5.41) is 1.27. The van der Waals surface area contributed by atoms with Crippen LogP contribution in [0.5, 0.6) is 0 Å². The maximum Gasteiger partial charge on any atom is 0.235 e. The van der Waals surface area contributed by atoms with Gasteiger partial charge in [0.2, 0.25) is 11.3 Å². The molecule has 0 saturated carbocycles. The van der Waals surface area contributed by atoms with Gasteiger partial charge in [-0.1, -0.05) is 47.5 Å². The predicted molar refractivity (Wildman–Crippen MR) is 123 cm³/mol. The maximum absolute atomic E-state index is 13.6. The van der Waals surface area contributed by atoms with Crippen LogP contribution >= 0.6 is 23.2 Å². The summed E-state index contributed by atoms with van der Waals surface area (Å²) in [6, 6.07) is 17.9. The Bertz CT molecular complexity index is 1040. The second-order valence-electron chi connectivity index (χ2n) is 7.70.